The Bertz CT molecular complexity index is 925. The molecule has 0 radical (unpaired) electrons. The van der Waals surface area contributed by atoms with Gasteiger partial charge in [0.2, 0.25) is 11.7 Å². The number of nitrogens with zero attached hydrogens (tertiary/aromatic N) is 1. The zero-order chi connectivity index (χ0) is 23.1. The van der Waals surface area contributed by atoms with E-state index in [-0.39, 0.29) is 30.0 Å². The summed E-state index contributed by atoms with van der Waals surface area (Å²) in [4.78, 5) is 38.9. The van der Waals surface area contributed by atoms with Crippen LogP contribution in [0.5, 0.6) is 17.2 Å². The maximum atomic E-state index is 12.5. The van der Waals surface area contributed by atoms with Crippen molar-refractivity contribution in [1.82, 2.24) is 15.5 Å². The topological polar surface area (TPSA) is 119 Å². The number of hydrogen-bond donors (Lipinski definition) is 2. The van der Waals surface area contributed by atoms with Crippen molar-refractivity contribution in [3.63, 3.8) is 0 Å². The molecule has 32 heavy (non-hydrogen) atoms. The van der Waals surface area contributed by atoms with Crippen molar-refractivity contribution in [2.24, 2.45) is 0 Å². The van der Waals surface area contributed by atoms with Gasteiger partial charge in [-0.2, -0.15) is 0 Å². The van der Waals surface area contributed by atoms with Crippen molar-refractivity contribution in [3.05, 3.63) is 41.9 Å². The summed E-state index contributed by atoms with van der Waals surface area (Å²) >= 11 is 0. The minimum absolute atomic E-state index is 0.0611. The molecule has 1 saturated heterocycles. The number of rotatable bonds is 8. The first-order valence-electron chi connectivity index (χ1n) is 10.2. The van der Waals surface area contributed by atoms with E-state index >= 15 is 0 Å². The van der Waals surface area contributed by atoms with Gasteiger partial charge in [-0.1, -0.05) is 0 Å². The van der Waals surface area contributed by atoms with Crippen LogP contribution in [-0.4, -0.2) is 69.6 Å². The minimum Gasteiger partial charge on any atom is -0.493 e. The highest BCUT2D eigenvalue weighted by Gasteiger charge is 2.25. The van der Waals surface area contributed by atoms with Crippen LogP contribution in [0.15, 0.2) is 35.1 Å². The summed E-state index contributed by atoms with van der Waals surface area (Å²) in [6, 6.07) is 4.60. The van der Waals surface area contributed by atoms with Gasteiger partial charge in [0.1, 0.15) is 6.26 Å². The summed E-state index contributed by atoms with van der Waals surface area (Å²) < 4.78 is 20.7. The van der Waals surface area contributed by atoms with Crippen molar-refractivity contribution in [1.29, 1.82) is 0 Å². The van der Waals surface area contributed by atoms with E-state index in [1.54, 1.807) is 11.0 Å². The van der Waals surface area contributed by atoms with Gasteiger partial charge in [-0.25, -0.2) is 0 Å². The van der Waals surface area contributed by atoms with Crippen LogP contribution >= 0.6 is 0 Å². The van der Waals surface area contributed by atoms with Crippen molar-refractivity contribution in [2.75, 3.05) is 41.0 Å². The Morgan fingerprint density at radius 2 is 1.69 bits per heavy atom. The second-order valence-corrected chi connectivity index (χ2v) is 7.24. The van der Waals surface area contributed by atoms with Gasteiger partial charge in [0.25, 0.3) is 11.8 Å². The molecule has 2 N–H and O–H groups in total. The van der Waals surface area contributed by atoms with Gasteiger partial charge < -0.3 is 34.2 Å². The van der Waals surface area contributed by atoms with Crippen LogP contribution in [0, 0.1) is 0 Å². The SMILES string of the molecule is COc1cc(C(=O)NCC(=O)NC2CCN(C(=O)c3ccoc3)CC2)cc(OC)c1OC. The second kappa shape index (κ2) is 10.6. The molecule has 0 spiro atoms. The minimum atomic E-state index is -0.445. The molecule has 0 unspecified atom stereocenters. The van der Waals surface area contributed by atoms with Crippen LogP contribution in [0.4, 0.5) is 0 Å². The lowest BCUT2D eigenvalue weighted by Gasteiger charge is -2.32. The van der Waals surface area contributed by atoms with Gasteiger partial charge in [-0.3, -0.25) is 14.4 Å². The number of hydrogen-bond acceptors (Lipinski definition) is 7. The molecule has 1 aliphatic rings. The summed E-state index contributed by atoms with van der Waals surface area (Å²) in [5.74, 6) is 0.240. The predicted octanol–water partition coefficient (Wildman–Crippen LogP) is 1.46. The molecule has 1 aliphatic heterocycles. The second-order valence-electron chi connectivity index (χ2n) is 7.24. The Morgan fingerprint density at radius 3 is 2.22 bits per heavy atom. The predicted molar refractivity (Wildman–Crippen MR) is 114 cm³/mol. The average Bonchev–Trinajstić information content (AvgIpc) is 3.36. The molecule has 2 aromatic rings. The largest absolute Gasteiger partial charge is 0.493 e. The van der Waals surface area contributed by atoms with Gasteiger partial charge >= 0.3 is 0 Å². The van der Waals surface area contributed by atoms with E-state index in [1.807, 2.05) is 0 Å². The number of likely N-dealkylation sites (tertiary alicyclic amines) is 1. The standard InChI is InChI=1S/C22H27N3O7/c1-29-17-10-15(11-18(30-2)20(17)31-3)21(27)23-12-19(26)24-16-4-7-25(8-5-16)22(28)14-6-9-32-13-14/h6,9-11,13,16H,4-5,7-8,12H2,1-3H3,(H,23,27)(H,24,26). The molecule has 2 heterocycles. The molecule has 3 rings (SSSR count). The zero-order valence-electron chi connectivity index (χ0n) is 18.3. The number of furan rings is 1. The number of amides is 3. The van der Waals surface area contributed by atoms with Gasteiger partial charge in [0.15, 0.2) is 11.5 Å². The third kappa shape index (κ3) is 5.32. The summed E-state index contributed by atoms with van der Waals surface area (Å²) in [6.45, 7) is 0.892. The summed E-state index contributed by atoms with van der Waals surface area (Å²) in [5, 5.41) is 5.50. The van der Waals surface area contributed by atoms with Gasteiger partial charge in [0.05, 0.1) is 39.7 Å². The number of methoxy groups -OCH3 is 3. The van der Waals surface area contributed by atoms with Crippen LogP contribution in [0.1, 0.15) is 33.6 Å². The quantitative estimate of drug-likeness (QED) is 0.631. The molecule has 0 saturated carbocycles. The van der Waals surface area contributed by atoms with Crippen LogP contribution in [0.25, 0.3) is 0 Å². The fraction of sp³-hybridized carbons (Fsp3) is 0.409. The van der Waals surface area contributed by atoms with E-state index in [9.17, 15) is 14.4 Å². The van der Waals surface area contributed by atoms with Crippen LogP contribution in [-0.2, 0) is 4.79 Å². The third-order valence-electron chi connectivity index (χ3n) is 5.25. The van der Waals surface area contributed by atoms with Gasteiger partial charge in [-0.15, -0.1) is 0 Å². The number of carbonyl (C=O) groups is 3. The first-order valence-corrected chi connectivity index (χ1v) is 10.2. The van der Waals surface area contributed by atoms with Crippen molar-refractivity contribution in [2.45, 2.75) is 18.9 Å². The molecule has 0 aliphatic carbocycles. The first kappa shape index (κ1) is 23.0. The number of carbonyl (C=O) groups excluding carboxylic acids is 3. The number of ether oxygens (including phenoxy) is 3. The van der Waals surface area contributed by atoms with E-state index in [4.69, 9.17) is 18.6 Å². The highest BCUT2D eigenvalue weighted by atomic mass is 16.5. The fourth-order valence-corrected chi connectivity index (χ4v) is 3.55. The molecule has 1 aromatic carbocycles. The zero-order valence-corrected chi connectivity index (χ0v) is 18.3. The third-order valence-corrected chi connectivity index (χ3v) is 5.25. The molecule has 172 valence electrons. The van der Waals surface area contributed by atoms with E-state index < -0.39 is 5.91 Å². The van der Waals surface area contributed by atoms with E-state index in [2.05, 4.69) is 10.6 Å². The maximum absolute atomic E-state index is 12.5. The maximum Gasteiger partial charge on any atom is 0.257 e. The van der Waals surface area contributed by atoms with Crippen LogP contribution < -0.4 is 24.8 Å². The molecule has 1 fully saturated rings. The van der Waals surface area contributed by atoms with E-state index in [0.29, 0.717) is 48.7 Å². The van der Waals surface area contributed by atoms with E-state index in [0.717, 1.165) is 0 Å². The smallest absolute Gasteiger partial charge is 0.257 e. The monoisotopic (exact) mass is 445 g/mol. The molecule has 1 aromatic heterocycles. The highest BCUT2D eigenvalue weighted by Crippen LogP contribution is 2.38. The number of benzene rings is 1. The molecule has 10 heteroatoms. The molecule has 0 atom stereocenters. The molecule has 3 amide bonds. The summed E-state index contributed by atoms with van der Waals surface area (Å²) in [7, 11) is 4.39. The lowest BCUT2D eigenvalue weighted by molar-refractivity contribution is -0.121. The fourth-order valence-electron chi connectivity index (χ4n) is 3.55. The first-order chi connectivity index (χ1) is 15.5. The number of nitrogens with one attached hydrogen (secondary N) is 2. The van der Waals surface area contributed by atoms with Gasteiger partial charge in [0, 0.05) is 24.7 Å². The molecule has 0 bridgehead atoms. The Kier molecular flexibility index (Phi) is 7.58. The van der Waals surface area contributed by atoms with Crippen molar-refractivity contribution >= 4 is 17.7 Å². The van der Waals surface area contributed by atoms with E-state index in [1.165, 1.54) is 46.0 Å². The lowest BCUT2D eigenvalue weighted by atomic mass is 10.0. The average molecular weight is 445 g/mol. The highest BCUT2D eigenvalue weighted by molar-refractivity contribution is 5.97. The molecule has 10 nitrogen and oxygen atoms in total. The van der Waals surface area contributed by atoms with Crippen molar-refractivity contribution < 1.29 is 33.0 Å². The molecular weight excluding hydrogens is 418 g/mol. The Hall–Kier alpha value is -3.69. The summed E-state index contributed by atoms with van der Waals surface area (Å²) in [5.41, 5.74) is 0.792. The Labute approximate surface area is 185 Å². The Balaban J connectivity index is 1.48. The lowest BCUT2D eigenvalue weighted by Crippen LogP contribution is -2.48. The Morgan fingerprint density at radius 1 is 1.03 bits per heavy atom. The van der Waals surface area contributed by atoms with Crippen LogP contribution in [0.3, 0.4) is 0 Å². The van der Waals surface area contributed by atoms with Gasteiger partial charge in [-0.05, 0) is 31.0 Å². The normalized spacial score (nSPS) is 13.9. The number of piperidine rings is 1. The molecular formula is C22H27N3O7. The van der Waals surface area contributed by atoms with Crippen LogP contribution in [0.2, 0.25) is 0 Å². The van der Waals surface area contributed by atoms with Crippen molar-refractivity contribution in [3.8, 4) is 17.2 Å². The summed E-state index contributed by atoms with van der Waals surface area (Å²) in [6.07, 6.45) is 4.16.